The van der Waals surface area contributed by atoms with Gasteiger partial charge in [0.15, 0.2) is 5.82 Å². The van der Waals surface area contributed by atoms with Gasteiger partial charge in [0.25, 0.3) is 5.22 Å². The Bertz CT molecular complexity index is 174. The first-order valence-electron chi connectivity index (χ1n) is 2.17. The maximum Gasteiger partial charge on any atom is 0.285 e. The fourth-order valence-corrected chi connectivity index (χ4v) is 0.696. The van der Waals surface area contributed by atoms with Crippen molar-refractivity contribution in [2.75, 3.05) is 6.26 Å². The molecule has 0 spiro atoms. The number of aromatic nitrogens is 2. The highest BCUT2D eigenvalue weighted by atomic mass is 32.2. The van der Waals surface area contributed by atoms with Crippen molar-refractivity contribution < 1.29 is 4.52 Å². The second-order valence-electron chi connectivity index (χ2n) is 1.31. The van der Waals surface area contributed by atoms with E-state index >= 15 is 0 Å². The summed E-state index contributed by atoms with van der Waals surface area (Å²) in [7, 11) is 0. The Kier molecular flexibility index (Phi) is 1.53. The first kappa shape index (κ1) is 5.62. The summed E-state index contributed by atoms with van der Waals surface area (Å²) in [5.41, 5.74) is 0. The largest absolute Gasteiger partial charge is 0.327 e. The Labute approximate surface area is 51.5 Å². The van der Waals surface area contributed by atoms with Gasteiger partial charge in [0.05, 0.1) is 0 Å². The summed E-state index contributed by atoms with van der Waals surface area (Å²) in [6, 6.07) is 0. The van der Waals surface area contributed by atoms with Crippen LogP contribution < -0.4 is 0 Å². The summed E-state index contributed by atoms with van der Waals surface area (Å²) < 4.78 is 4.72. The zero-order valence-corrected chi connectivity index (χ0v) is 5.53. The first-order chi connectivity index (χ1) is 3.83. The van der Waals surface area contributed by atoms with Crippen molar-refractivity contribution in [1.29, 1.82) is 0 Å². The molecule has 0 saturated carbocycles. The molecule has 1 aromatic heterocycles. The van der Waals surface area contributed by atoms with Gasteiger partial charge in [-0.05, 0) is 13.2 Å². The Morgan fingerprint density at radius 2 is 2.38 bits per heavy atom. The molecule has 0 aliphatic heterocycles. The van der Waals surface area contributed by atoms with E-state index in [1.165, 1.54) is 11.8 Å². The second-order valence-corrected chi connectivity index (χ2v) is 2.07. The third-order valence-corrected chi connectivity index (χ3v) is 1.20. The number of hydrogen-bond acceptors (Lipinski definition) is 4. The lowest BCUT2D eigenvalue weighted by Crippen LogP contribution is -1.69. The van der Waals surface area contributed by atoms with E-state index in [-0.39, 0.29) is 0 Å². The fourth-order valence-electron chi connectivity index (χ4n) is 0.361. The summed E-state index contributed by atoms with van der Waals surface area (Å²) in [4.78, 5) is 3.91. The SMILES string of the molecule is CSc1nc(C)no1. The molecule has 3 nitrogen and oxygen atoms in total. The van der Waals surface area contributed by atoms with Gasteiger partial charge in [-0.3, -0.25) is 0 Å². The van der Waals surface area contributed by atoms with Crippen molar-refractivity contribution in [3.05, 3.63) is 5.82 Å². The minimum Gasteiger partial charge on any atom is -0.327 e. The molecule has 0 amide bonds. The van der Waals surface area contributed by atoms with Crippen LogP contribution in [0.4, 0.5) is 0 Å². The average Bonchev–Trinajstić information content (AvgIpc) is 2.14. The van der Waals surface area contributed by atoms with Crippen molar-refractivity contribution in [1.82, 2.24) is 10.1 Å². The zero-order valence-electron chi connectivity index (χ0n) is 4.71. The van der Waals surface area contributed by atoms with Gasteiger partial charge >= 0.3 is 0 Å². The van der Waals surface area contributed by atoms with Crippen molar-refractivity contribution in [3.63, 3.8) is 0 Å². The highest BCUT2D eigenvalue weighted by Crippen LogP contribution is 2.08. The molecule has 0 aliphatic rings. The van der Waals surface area contributed by atoms with E-state index in [1.807, 2.05) is 6.26 Å². The Morgan fingerprint density at radius 3 is 2.62 bits per heavy atom. The Morgan fingerprint density at radius 1 is 1.62 bits per heavy atom. The van der Waals surface area contributed by atoms with Crippen LogP contribution in [0.5, 0.6) is 0 Å². The maximum atomic E-state index is 4.72. The summed E-state index contributed by atoms with van der Waals surface area (Å²) in [5.74, 6) is 0.689. The molecule has 0 bridgehead atoms. The van der Waals surface area contributed by atoms with E-state index in [0.29, 0.717) is 11.0 Å². The average molecular weight is 130 g/mol. The van der Waals surface area contributed by atoms with Crippen LogP contribution in [0, 0.1) is 6.92 Å². The molecule has 0 N–H and O–H groups in total. The predicted octanol–water partition coefficient (Wildman–Crippen LogP) is 1.10. The van der Waals surface area contributed by atoms with Gasteiger partial charge in [-0.15, -0.1) is 0 Å². The molecular weight excluding hydrogens is 124 g/mol. The van der Waals surface area contributed by atoms with Gasteiger partial charge in [0, 0.05) is 0 Å². The molecular formula is C4H6N2OS. The highest BCUT2D eigenvalue weighted by molar-refractivity contribution is 7.98. The Balaban J connectivity index is 2.84. The number of rotatable bonds is 1. The van der Waals surface area contributed by atoms with Crippen LogP contribution in [0.3, 0.4) is 0 Å². The van der Waals surface area contributed by atoms with Crippen LogP contribution in [0.15, 0.2) is 9.75 Å². The molecule has 0 fully saturated rings. The molecule has 0 aromatic carbocycles. The zero-order chi connectivity index (χ0) is 5.98. The molecule has 1 heterocycles. The summed E-state index contributed by atoms with van der Waals surface area (Å²) >= 11 is 1.45. The molecule has 4 heteroatoms. The van der Waals surface area contributed by atoms with Crippen LogP contribution in [0.1, 0.15) is 5.82 Å². The van der Waals surface area contributed by atoms with Gasteiger partial charge in [-0.1, -0.05) is 16.9 Å². The lowest BCUT2D eigenvalue weighted by atomic mass is 10.8. The van der Waals surface area contributed by atoms with Crippen molar-refractivity contribution in [2.45, 2.75) is 12.1 Å². The van der Waals surface area contributed by atoms with Crippen LogP contribution in [-0.2, 0) is 0 Å². The molecule has 1 aromatic rings. The van der Waals surface area contributed by atoms with E-state index in [9.17, 15) is 0 Å². The molecule has 0 unspecified atom stereocenters. The number of hydrogen-bond donors (Lipinski definition) is 0. The first-order valence-corrected chi connectivity index (χ1v) is 3.39. The third kappa shape index (κ3) is 1.01. The van der Waals surface area contributed by atoms with Gasteiger partial charge in [0.1, 0.15) is 0 Å². The molecule has 0 saturated heterocycles. The third-order valence-electron chi connectivity index (χ3n) is 0.684. The van der Waals surface area contributed by atoms with E-state index in [4.69, 9.17) is 4.52 Å². The number of thioether (sulfide) groups is 1. The summed E-state index contributed by atoms with van der Waals surface area (Å²) in [5, 5.41) is 4.21. The van der Waals surface area contributed by atoms with Crippen molar-refractivity contribution >= 4 is 11.8 Å². The van der Waals surface area contributed by atoms with Gasteiger partial charge in [-0.2, -0.15) is 4.98 Å². The smallest absolute Gasteiger partial charge is 0.285 e. The van der Waals surface area contributed by atoms with Crippen LogP contribution in [0.25, 0.3) is 0 Å². The fraction of sp³-hybridized carbons (Fsp3) is 0.500. The molecule has 0 atom stereocenters. The summed E-state index contributed by atoms with van der Waals surface area (Å²) in [6.45, 7) is 1.79. The van der Waals surface area contributed by atoms with Crippen LogP contribution in [0.2, 0.25) is 0 Å². The van der Waals surface area contributed by atoms with E-state index in [2.05, 4.69) is 10.1 Å². The van der Waals surface area contributed by atoms with E-state index in [0.717, 1.165) is 0 Å². The second kappa shape index (κ2) is 2.17. The van der Waals surface area contributed by atoms with Crippen LogP contribution in [-0.4, -0.2) is 16.4 Å². The maximum absolute atomic E-state index is 4.72. The Hall–Kier alpha value is -0.510. The molecule has 8 heavy (non-hydrogen) atoms. The monoisotopic (exact) mass is 130 g/mol. The highest BCUT2D eigenvalue weighted by Gasteiger charge is 1.96. The molecule has 0 aliphatic carbocycles. The normalized spacial score (nSPS) is 9.75. The van der Waals surface area contributed by atoms with Crippen molar-refractivity contribution in [2.24, 2.45) is 0 Å². The minimum atomic E-state index is 0.627. The molecule has 1 rings (SSSR count). The lowest BCUT2D eigenvalue weighted by Gasteiger charge is -1.74. The predicted molar refractivity (Wildman–Crippen MR) is 30.8 cm³/mol. The van der Waals surface area contributed by atoms with Gasteiger partial charge < -0.3 is 4.52 Å². The van der Waals surface area contributed by atoms with Crippen LogP contribution >= 0.6 is 11.8 Å². The van der Waals surface area contributed by atoms with Gasteiger partial charge in [-0.25, -0.2) is 0 Å². The minimum absolute atomic E-state index is 0.627. The van der Waals surface area contributed by atoms with Crippen molar-refractivity contribution in [3.8, 4) is 0 Å². The molecule has 44 valence electrons. The quantitative estimate of drug-likeness (QED) is 0.533. The topological polar surface area (TPSA) is 38.9 Å². The lowest BCUT2D eigenvalue weighted by molar-refractivity contribution is 0.338. The number of nitrogens with zero attached hydrogens (tertiary/aromatic N) is 2. The molecule has 0 radical (unpaired) electrons. The van der Waals surface area contributed by atoms with E-state index < -0.39 is 0 Å². The summed E-state index contributed by atoms with van der Waals surface area (Å²) in [6.07, 6.45) is 1.90. The number of aryl methyl sites for hydroxylation is 1. The van der Waals surface area contributed by atoms with E-state index in [1.54, 1.807) is 6.92 Å². The van der Waals surface area contributed by atoms with Gasteiger partial charge in [0.2, 0.25) is 0 Å². The standard InChI is InChI=1S/C4H6N2OS/c1-3-5-4(8-2)7-6-3/h1-2H3.